The Hall–Kier alpha value is -2.96. The van der Waals surface area contributed by atoms with Gasteiger partial charge in [-0.3, -0.25) is 9.78 Å². The van der Waals surface area contributed by atoms with E-state index in [1.165, 1.54) is 11.1 Å². The van der Waals surface area contributed by atoms with E-state index in [1.54, 1.807) is 13.3 Å². The van der Waals surface area contributed by atoms with Gasteiger partial charge in [0.1, 0.15) is 5.75 Å². The Morgan fingerprint density at radius 2 is 2.03 bits per heavy atom. The van der Waals surface area contributed by atoms with E-state index in [0.717, 1.165) is 61.0 Å². The van der Waals surface area contributed by atoms with Crippen LogP contribution < -0.4 is 4.74 Å². The fraction of sp³-hybridized carbons (Fsp3) is 0.467. The number of hydrogen-bond acceptors (Lipinski definition) is 5. The molecule has 1 aliphatic heterocycles. The van der Waals surface area contributed by atoms with Gasteiger partial charge in [-0.05, 0) is 105 Å². The van der Waals surface area contributed by atoms with Crippen LogP contribution in [0.1, 0.15) is 54.9 Å². The van der Waals surface area contributed by atoms with Gasteiger partial charge in [0.25, 0.3) is 0 Å². The first-order chi connectivity index (χ1) is 17.5. The predicted octanol–water partition coefficient (Wildman–Crippen LogP) is 5.41. The molecule has 2 N–H and O–H groups in total. The molecule has 0 aliphatic carbocycles. The van der Waals surface area contributed by atoms with Gasteiger partial charge in [0.2, 0.25) is 0 Å². The summed E-state index contributed by atoms with van der Waals surface area (Å²) >= 11 is 0. The van der Waals surface area contributed by atoms with Gasteiger partial charge in [-0.1, -0.05) is 24.3 Å². The Labute approximate surface area is 213 Å². The standard InChI is InChI=1S/C30H38N2O4/c1-21-7-3-4-8-22(21)9-5-6-17-32-18-15-23(27(20-32)30(34)35)10-13-29(33)25-14-16-31-28-12-11-24(36-2)19-26(25)28/h3-4,7-8,11-12,14,16,19,23,27,29,33H,5-6,9-10,13,15,17-18,20H2,1-2H3,(H,34,35)/t23-,27+,29-/m1/s1. The zero-order valence-corrected chi connectivity index (χ0v) is 21.4. The third kappa shape index (κ3) is 6.42. The molecule has 3 aromatic rings. The van der Waals surface area contributed by atoms with Gasteiger partial charge < -0.3 is 19.8 Å². The molecular weight excluding hydrogens is 452 g/mol. The van der Waals surface area contributed by atoms with Crippen molar-refractivity contribution in [1.82, 2.24) is 9.88 Å². The van der Waals surface area contributed by atoms with Crippen molar-refractivity contribution in [2.45, 2.75) is 51.6 Å². The summed E-state index contributed by atoms with van der Waals surface area (Å²) < 4.78 is 5.35. The molecule has 0 bridgehead atoms. The normalized spacial score (nSPS) is 19.3. The molecule has 6 heteroatoms. The van der Waals surface area contributed by atoms with E-state index in [9.17, 15) is 15.0 Å². The number of carboxylic acid groups (broad SMARTS) is 1. The van der Waals surface area contributed by atoms with Crippen LogP contribution >= 0.6 is 0 Å². The van der Waals surface area contributed by atoms with Crippen LogP contribution in [0.4, 0.5) is 0 Å². The molecule has 1 aliphatic rings. The second-order valence-corrected chi connectivity index (χ2v) is 10.1. The molecule has 0 spiro atoms. The average Bonchev–Trinajstić information content (AvgIpc) is 2.90. The lowest BCUT2D eigenvalue weighted by atomic mass is 9.81. The summed E-state index contributed by atoms with van der Waals surface area (Å²) in [7, 11) is 1.62. The van der Waals surface area contributed by atoms with Crippen molar-refractivity contribution in [2.75, 3.05) is 26.7 Å². The van der Waals surface area contributed by atoms with Crippen LogP contribution in [0, 0.1) is 18.8 Å². The molecular formula is C30H38N2O4. The van der Waals surface area contributed by atoms with Gasteiger partial charge in [-0.15, -0.1) is 0 Å². The first kappa shape index (κ1) is 26.1. The molecule has 0 saturated carbocycles. The molecule has 1 fully saturated rings. The highest BCUT2D eigenvalue weighted by Gasteiger charge is 2.34. The first-order valence-electron chi connectivity index (χ1n) is 13.1. The Morgan fingerprint density at radius 1 is 1.19 bits per heavy atom. The number of rotatable bonds is 11. The number of nitrogens with zero attached hydrogens (tertiary/aromatic N) is 2. The number of fused-ring (bicyclic) bond motifs is 1. The van der Waals surface area contributed by atoms with Crippen molar-refractivity contribution in [2.24, 2.45) is 11.8 Å². The number of aliphatic carboxylic acids is 1. The number of piperidine rings is 1. The highest BCUT2D eigenvalue weighted by Crippen LogP contribution is 2.33. The lowest BCUT2D eigenvalue weighted by Gasteiger charge is -2.37. The number of aromatic nitrogens is 1. The number of unbranched alkanes of at least 4 members (excludes halogenated alkanes) is 1. The molecule has 0 radical (unpaired) electrons. The van der Waals surface area contributed by atoms with Crippen molar-refractivity contribution in [3.05, 3.63) is 71.4 Å². The molecule has 4 rings (SSSR count). The Kier molecular flexibility index (Phi) is 8.94. The predicted molar refractivity (Wildman–Crippen MR) is 142 cm³/mol. The number of likely N-dealkylation sites (tertiary alicyclic amines) is 1. The third-order valence-electron chi connectivity index (χ3n) is 7.74. The van der Waals surface area contributed by atoms with E-state index in [0.29, 0.717) is 19.4 Å². The summed E-state index contributed by atoms with van der Waals surface area (Å²) in [4.78, 5) is 18.8. The van der Waals surface area contributed by atoms with E-state index in [2.05, 4.69) is 41.1 Å². The molecule has 0 amide bonds. The van der Waals surface area contributed by atoms with Crippen LogP contribution in [0.2, 0.25) is 0 Å². The van der Waals surface area contributed by atoms with Gasteiger partial charge in [-0.2, -0.15) is 0 Å². The van der Waals surface area contributed by atoms with Crippen molar-refractivity contribution in [3.63, 3.8) is 0 Å². The quantitative estimate of drug-likeness (QED) is 0.350. The number of aliphatic hydroxyl groups excluding tert-OH is 1. The van der Waals surface area contributed by atoms with Crippen LogP contribution in [0.3, 0.4) is 0 Å². The minimum atomic E-state index is -0.724. The lowest BCUT2D eigenvalue weighted by Crippen LogP contribution is -2.44. The van der Waals surface area contributed by atoms with Crippen molar-refractivity contribution in [1.29, 1.82) is 0 Å². The number of ether oxygens (including phenoxy) is 1. The van der Waals surface area contributed by atoms with Crippen LogP contribution in [-0.4, -0.2) is 52.8 Å². The molecule has 2 heterocycles. The molecule has 1 saturated heterocycles. The summed E-state index contributed by atoms with van der Waals surface area (Å²) in [5.74, 6) is -0.320. The van der Waals surface area contributed by atoms with E-state index in [1.807, 2.05) is 24.3 Å². The van der Waals surface area contributed by atoms with Gasteiger partial charge >= 0.3 is 5.97 Å². The molecule has 36 heavy (non-hydrogen) atoms. The molecule has 3 atom stereocenters. The fourth-order valence-electron chi connectivity index (χ4n) is 5.53. The number of methoxy groups -OCH3 is 1. The van der Waals surface area contributed by atoms with Crippen LogP contribution in [-0.2, 0) is 11.2 Å². The maximum atomic E-state index is 12.1. The average molecular weight is 491 g/mol. The number of carbonyl (C=O) groups is 1. The number of carboxylic acids is 1. The minimum absolute atomic E-state index is 0.0722. The van der Waals surface area contributed by atoms with E-state index >= 15 is 0 Å². The smallest absolute Gasteiger partial charge is 0.308 e. The maximum absolute atomic E-state index is 12.1. The third-order valence-corrected chi connectivity index (χ3v) is 7.74. The number of aliphatic hydroxyl groups is 1. The second-order valence-electron chi connectivity index (χ2n) is 10.1. The van der Waals surface area contributed by atoms with Gasteiger partial charge in [0.05, 0.1) is 24.6 Å². The van der Waals surface area contributed by atoms with Crippen LogP contribution in [0.15, 0.2) is 54.7 Å². The summed E-state index contributed by atoms with van der Waals surface area (Å²) in [6.07, 6.45) is 6.36. The maximum Gasteiger partial charge on any atom is 0.308 e. The number of hydrogen-bond donors (Lipinski definition) is 2. The van der Waals surface area contributed by atoms with Gasteiger partial charge in [-0.25, -0.2) is 0 Å². The Morgan fingerprint density at radius 3 is 2.81 bits per heavy atom. The molecule has 192 valence electrons. The zero-order chi connectivity index (χ0) is 25.5. The zero-order valence-electron chi connectivity index (χ0n) is 21.4. The second kappa shape index (κ2) is 12.3. The van der Waals surface area contributed by atoms with Crippen molar-refractivity contribution < 1.29 is 19.7 Å². The Balaban J connectivity index is 1.30. The number of pyridine rings is 1. The highest BCUT2D eigenvalue weighted by molar-refractivity contribution is 5.83. The van der Waals surface area contributed by atoms with Crippen LogP contribution in [0.25, 0.3) is 10.9 Å². The molecule has 1 aromatic heterocycles. The minimum Gasteiger partial charge on any atom is -0.497 e. The number of benzene rings is 2. The van der Waals surface area contributed by atoms with Crippen LogP contribution in [0.5, 0.6) is 5.75 Å². The molecule has 0 unspecified atom stereocenters. The Bertz CT molecular complexity index is 1160. The van der Waals surface area contributed by atoms with Gasteiger partial charge in [0, 0.05) is 18.1 Å². The molecule has 2 aromatic carbocycles. The lowest BCUT2D eigenvalue weighted by molar-refractivity contribution is -0.146. The van der Waals surface area contributed by atoms with E-state index < -0.39 is 18.0 Å². The largest absolute Gasteiger partial charge is 0.497 e. The number of aryl methyl sites for hydroxylation is 2. The molecule has 6 nitrogen and oxygen atoms in total. The summed E-state index contributed by atoms with van der Waals surface area (Å²) in [6.45, 7) is 4.61. The van der Waals surface area contributed by atoms with Crippen molar-refractivity contribution >= 4 is 16.9 Å². The van der Waals surface area contributed by atoms with Gasteiger partial charge in [0.15, 0.2) is 0 Å². The fourth-order valence-corrected chi connectivity index (χ4v) is 5.53. The first-order valence-corrected chi connectivity index (χ1v) is 13.1. The van der Waals surface area contributed by atoms with E-state index in [4.69, 9.17) is 4.74 Å². The van der Waals surface area contributed by atoms with E-state index in [-0.39, 0.29) is 5.92 Å². The topological polar surface area (TPSA) is 82.9 Å². The SMILES string of the molecule is COc1ccc2nccc([C@H](O)CC[C@@H]3CCN(CCCCc4ccccc4C)C[C@@H]3C(=O)O)c2c1. The monoisotopic (exact) mass is 490 g/mol. The summed E-state index contributed by atoms with van der Waals surface area (Å²) in [5.41, 5.74) is 4.37. The summed E-state index contributed by atoms with van der Waals surface area (Å²) in [5, 5.41) is 21.8. The summed E-state index contributed by atoms with van der Waals surface area (Å²) in [6, 6.07) is 16.0. The highest BCUT2D eigenvalue weighted by atomic mass is 16.5. The van der Waals surface area contributed by atoms with Crippen molar-refractivity contribution in [3.8, 4) is 5.75 Å².